The van der Waals surface area contributed by atoms with Crippen molar-refractivity contribution in [1.82, 2.24) is 9.59 Å². The van der Waals surface area contributed by atoms with E-state index in [9.17, 15) is 5.11 Å². The van der Waals surface area contributed by atoms with Crippen LogP contribution < -0.4 is 0 Å². The van der Waals surface area contributed by atoms with Gasteiger partial charge in [0.05, 0.1) is 22.3 Å². The molecule has 1 aromatic heterocycles. The van der Waals surface area contributed by atoms with Gasteiger partial charge in [0, 0.05) is 6.61 Å². The van der Waals surface area contributed by atoms with Gasteiger partial charge in [-0.15, -0.1) is 5.10 Å². The maximum atomic E-state index is 10.7. The molecular weight excluding hydrogens is 260 g/mol. The molecule has 2 unspecified atom stereocenters. The molecule has 0 amide bonds. The molecule has 1 N–H and O–H groups in total. The van der Waals surface area contributed by atoms with Crippen molar-refractivity contribution in [3.05, 3.63) is 10.6 Å². The Kier molecular flexibility index (Phi) is 3.87. The van der Waals surface area contributed by atoms with Crippen molar-refractivity contribution in [1.29, 1.82) is 0 Å². The molecular formula is C14H22N2O2S. The molecule has 1 saturated heterocycles. The molecule has 2 fully saturated rings. The normalized spacial score (nSPS) is 27.2. The maximum absolute atomic E-state index is 10.7. The van der Waals surface area contributed by atoms with Crippen LogP contribution in [0, 0.1) is 5.92 Å². The van der Waals surface area contributed by atoms with Crippen LogP contribution in [-0.4, -0.2) is 26.9 Å². The quantitative estimate of drug-likeness (QED) is 0.922. The fraction of sp³-hybridized carbons (Fsp3) is 0.857. The molecule has 3 rings (SSSR count). The summed E-state index contributed by atoms with van der Waals surface area (Å²) < 4.78 is 9.97. The van der Waals surface area contributed by atoms with Crippen molar-refractivity contribution in [2.45, 2.75) is 63.6 Å². The molecule has 19 heavy (non-hydrogen) atoms. The van der Waals surface area contributed by atoms with Gasteiger partial charge in [-0.05, 0) is 56.0 Å². The number of aliphatic hydroxyl groups excluding tert-OH is 1. The smallest absolute Gasteiger partial charge is 0.0947 e. The zero-order chi connectivity index (χ0) is 13.3. The summed E-state index contributed by atoms with van der Waals surface area (Å²) in [7, 11) is 0. The van der Waals surface area contributed by atoms with Gasteiger partial charge in [0.15, 0.2) is 0 Å². The van der Waals surface area contributed by atoms with E-state index in [1.54, 1.807) is 0 Å². The van der Waals surface area contributed by atoms with Gasteiger partial charge >= 0.3 is 0 Å². The molecule has 1 aromatic rings. The number of aryl methyl sites for hydroxylation is 1. The van der Waals surface area contributed by atoms with Crippen molar-refractivity contribution in [3.8, 4) is 0 Å². The lowest BCUT2D eigenvalue weighted by Gasteiger charge is -2.48. The average Bonchev–Trinajstić information content (AvgIpc) is 2.85. The molecule has 106 valence electrons. The van der Waals surface area contributed by atoms with Gasteiger partial charge in [-0.3, -0.25) is 0 Å². The van der Waals surface area contributed by atoms with Crippen LogP contribution in [-0.2, 0) is 11.2 Å². The Morgan fingerprint density at radius 1 is 1.53 bits per heavy atom. The molecule has 1 saturated carbocycles. The van der Waals surface area contributed by atoms with Crippen molar-refractivity contribution in [2.75, 3.05) is 6.61 Å². The van der Waals surface area contributed by atoms with E-state index < -0.39 is 6.10 Å². The van der Waals surface area contributed by atoms with Crippen LogP contribution in [0.2, 0.25) is 0 Å². The minimum atomic E-state index is -0.400. The first-order valence-corrected chi connectivity index (χ1v) is 8.14. The van der Waals surface area contributed by atoms with Crippen LogP contribution in [0.25, 0.3) is 0 Å². The van der Waals surface area contributed by atoms with E-state index in [-0.39, 0.29) is 5.60 Å². The zero-order valence-electron chi connectivity index (χ0n) is 11.5. The maximum Gasteiger partial charge on any atom is 0.0947 e. The van der Waals surface area contributed by atoms with E-state index in [0.29, 0.717) is 5.92 Å². The summed E-state index contributed by atoms with van der Waals surface area (Å²) in [5.74, 6) is 0.312. The minimum Gasteiger partial charge on any atom is -0.387 e. The van der Waals surface area contributed by atoms with E-state index in [4.69, 9.17) is 4.74 Å². The van der Waals surface area contributed by atoms with Crippen molar-refractivity contribution >= 4 is 11.5 Å². The third-order valence-electron chi connectivity index (χ3n) is 4.58. The number of hydrogen-bond acceptors (Lipinski definition) is 5. The Hall–Kier alpha value is -0.520. The topological polar surface area (TPSA) is 55.2 Å². The van der Waals surface area contributed by atoms with Crippen LogP contribution in [0.5, 0.6) is 0 Å². The van der Waals surface area contributed by atoms with Gasteiger partial charge in [-0.1, -0.05) is 17.8 Å². The van der Waals surface area contributed by atoms with E-state index in [2.05, 4.69) is 16.5 Å². The molecule has 1 aliphatic carbocycles. The Labute approximate surface area is 118 Å². The summed E-state index contributed by atoms with van der Waals surface area (Å²) in [6, 6.07) is 0. The van der Waals surface area contributed by atoms with Crippen LogP contribution in [0.4, 0.5) is 0 Å². The van der Waals surface area contributed by atoms with Crippen LogP contribution >= 0.6 is 11.5 Å². The lowest BCUT2D eigenvalue weighted by atomic mass is 9.70. The van der Waals surface area contributed by atoms with Crippen LogP contribution in [0.3, 0.4) is 0 Å². The first kappa shape index (κ1) is 13.5. The van der Waals surface area contributed by atoms with Gasteiger partial charge in [0.2, 0.25) is 0 Å². The standard InChI is InChI=1S/C14H22N2O2S/c1-2-4-11-13(19-16-15-11)12(17)10-5-8-18-14(9-10)6-3-7-14/h10,12,17H,2-9H2,1H3. The highest BCUT2D eigenvalue weighted by molar-refractivity contribution is 7.05. The van der Waals surface area contributed by atoms with Crippen molar-refractivity contribution < 1.29 is 9.84 Å². The Bertz CT molecular complexity index is 431. The highest BCUT2D eigenvalue weighted by atomic mass is 32.1. The molecule has 0 radical (unpaired) electrons. The number of aliphatic hydroxyl groups is 1. The molecule has 5 heteroatoms. The predicted molar refractivity (Wildman–Crippen MR) is 74.1 cm³/mol. The number of aromatic nitrogens is 2. The molecule has 1 aliphatic heterocycles. The summed E-state index contributed by atoms with van der Waals surface area (Å²) in [5, 5.41) is 14.8. The summed E-state index contributed by atoms with van der Waals surface area (Å²) in [6.07, 6.45) is 7.11. The van der Waals surface area contributed by atoms with Crippen molar-refractivity contribution in [2.24, 2.45) is 5.92 Å². The van der Waals surface area contributed by atoms with Crippen LogP contribution in [0.1, 0.15) is 62.1 Å². The number of nitrogens with zero attached hydrogens (tertiary/aromatic N) is 2. The van der Waals surface area contributed by atoms with Crippen molar-refractivity contribution in [3.63, 3.8) is 0 Å². The predicted octanol–water partition coefficient (Wildman–Crippen LogP) is 2.87. The zero-order valence-corrected chi connectivity index (χ0v) is 12.3. The van der Waals surface area contributed by atoms with Gasteiger partial charge in [0.1, 0.15) is 0 Å². The molecule has 0 bridgehead atoms. The lowest BCUT2D eigenvalue weighted by Crippen LogP contribution is -2.46. The fourth-order valence-electron chi connectivity index (χ4n) is 3.32. The van der Waals surface area contributed by atoms with E-state index in [1.807, 2.05) is 0 Å². The van der Waals surface area contributed by atoms with Crippen LogP contribution in [0.15, 0.2) is 0 Å². The van der Waals surface area contributed by atoms with Gasteiger partial charge in [-0.2, -0.15) is 0 Å². The molecule has 1 spiro atoms. The Balaban J connectivity index is 1.72. The SMILES string of the molecule is CCCc1nnsc1C(O)C1CCOC2(CCC2)C1. The number of ether oxygens (including phenoxy) is 1. The first-order chi connectivity index (χ1) is 9.24. The monoisotopic (exact) mass is 282 g/mol. The highest BCUT2D eigenvalue weighted by Gasteiger charge is 2.44. The van der Waals surface area contributed by atoms with Gasteiger partial charge in [0.25, 0.3) is 0 Å². The second kappa shape index (κ2) is 5.46. The summed E-state index contributed by atoms with van der Waals surface area (Å²) in [4.78, 5) is 0.989. The third kappa shape index (κ3) is 2.56. The molecule has 0 aromatic carbocycles. The number of hydrogen-bond donors (Lipinski definition) is 1. The minimum absolute atomic E-state index is 0.0902. The summed E-state index contributed by atoms with van der Waals surface area (Å²) in [6.45, 7) is 2.92. The van der Waals surface area contributed by atoms with Gasteiger partial charge < -0.3 is 9.84 Å². The number of rotatable bonds is 4. The average molecular weight is 282 g/mol. The second-order valence-corrected chi connectivity index (χ2v) is 6.70. The second-order valence-electron chi connectivity index (χ2n) is 5.92. The highest BCUT2D eigenvalue weighted by Crippen LogP contribution is 2.47. The summed E-state index contributed by atoms with van der Waals surface area (Å²) >= 11 is 1.37. The third-order valence-corrected chi connectivity index (χ3v) is 5.42. The molecule has 2 heterocycles. The molecule has 2 atom stereocenters. The van der Waals surface area contributed by atoms with E-state index >= 15 is 0 Å². The first-order valence-electron chi connectivity index (χ1n) is 7.37. The lowest BCUT2D eigenvalue weighted by molar-refractivity contribution is -0.157. The van der Waals surface area contributed by atoms with E-state index in [0.717, 1.165) is 42.9 Å². The Morgan fingerprint density at radius 3 is 3.05 bits per heavy atom. The Morgan fingerprint density at radius 2 is 2.37 bits per heavy atom. The molecule has 4 nitrogen and oxygen atoms in total. The largest absolute Gasteiger partial charge is 0.387 e. The fourth-order valence-corrected chi connectivity index (χ4v) is 4.10. The van der Waals surface area contributed by atoms with E-state index in [1.165, 1.54) is 30.8 Å². The van der Waals surface area contributed by atoms with Gasteiger partial charge in [-0.25, -0.2) is 0 Å². The molecule has 2 aliphatic rings. The summed E-state index contributed by atoms with van der Waals surface area (Å²) in [5.41, 5.74) is 1.08.